The van der Waals surface area contributed by atoms with E-state index in [-0.39, 0.29) is 11.7 Å². The Morgan fingerprint density at radius 3 is 2.70 bits per heavy atom. The average molecular weight is 422 g/mol. The quantitative estimate of drug-likeness (QED) is 0.612. The summed E-state index contributed by atoms with van der Waals surface area (Å²) in [6.45, 7) is 0. The first-order valence-electron chi connectivity index (χ1n) is 9.48. The number of carbonyl (C=O) groups is 2. The molecule has 0 fully saturated rings. The number of fused-ring (bicyclic) bond motifs is 1. The van der Waals surface area contributed by atoms with Gasteiger partial charge in [-0.15, -0.1) is 11.3 Å². The van der Waals surface area contributed by atoms with Gasteiger partial charge < -0.3 is 15.4 Å². The lowest BCUT2D eigenvalue weighted by Gasteiger charge is -2.29. The van der Waals surface area contributed by atoms with Crippen molar-refractivity contribution in [1.82, 2.24) is 10.3 Å². The highest BCUT2D eigenvalue weighted by atomic mass is 32.1. The third-order valence-electron chi connectivity index (χ3n) is 5.45. The fourth-order valence-corrected chi connectivity index (χ4v) is 4.84. The third-order valence-corrected chi connectivity index (χ3v) is 6.48. The second-order valence-corrected chi connectivity index (χ2v) is 8.19. The highest BCUT2D eigenvalue weighted by Gasteiger charge is 2.37. The van der Waals surface area contributed by atoms with E-state index in [9.17, 15) is 9.59 Å². The number of ketones is 1. The lowest BCUT2D eigenvalue weighted by Crippen LogP contribution is -2.26. The molecule has 0 radical (unpaired) electrons. The lowest BCUT2D eigenvalue weighted by atomic mass is 9.81. The molecule has 5 rings (SSSR count). The van der Waals surface area contributed by atoms with Gasteiger partial charge in [-0.2, -0.15) is 0 Å². The minimum atomic E-state index is -0.441. The number of rotatable bonds is 3. The minimum absolute atomic E-state index is 0.0683. The molecule has 0 bridgehead atoms. The number of benzene rings is 1. The Bertz CT molecular complexity index is 1130. The maximum atomic E-state index is 13.3. The van der Waals surface area contributed by atoms with Crippen molar-refractivity contribution in [3.8, 4) is 0 Å². The van der Waals surface area contributed by atoms with E-state index in [2.05, 4.69) is 27.0 Å². The van der Waals surface area contributed by atoms with Crippen molar-refractivity contribution in [2.75, 3.05) is 17.7 Å². The summed E-state index contributed by atoms with van der Waals surface area (Å²) < 4.78 is 9.66. The molecule has 3 aromatic rings. The Kier molecular flexibility index (Phi) is 4.59. The number of nitrogens with zero attached hydrogens (tertiary/aromatic N) is 2. The van der Waals surface area contributed by atoms with E-state index in [1.807, 2.05) is 23.6 Å². The monoisotopic (exact) mass is 422 g/mol. The van der Waals surface area contributed by atoms with E-state index >= 15 is 0 Å². The number of aromatic nitrogens is 2. The standard InChI is InChI=1S/C21H18N4O4S/c1-28-21(27)12-6-4-11(5-7-12)18-17-14(22-19-20(23-18)25-29-24-19)9-13(10-15(17)26)16-3-2-8-30-16/h2-8,13,18H,9-10H2,1H3,(H,22,24)(H,23,25)/t13-,18-/m1/s1. The number of anilines is 2. The van der Waals surface area contributed by atoms with Crippen LogP contribution in [0.4, 0.5) is 11.6 Å². The average Bonchev–Trinajstić information content (AvgIpc) is 3.42. The summed E-state index contributed by atoms with van der Waals surface area (Å²) in [7, 11) is 1.34. The van der Waals surface area contributed by atoms with E-state index < -0.39 is 12.0 Å². The zero-order chi connectivity index (χ0) is 20.7. The number of methoxy groups -OCH3 is 1. The van der Waals surface area contributed by atoms with Crippen LogP contribution in [0.3, 0.4) is 0 Å². The summed E-state index contributed by atoms with van der Waals surface area (Å²) in [6, 6.07) is 10.6. The summed E-state index contributed by atoms with van der Waals surface area (Å²) in [5.41, 5.74) is 2.75. The number of Topliss-reactive ketones (excluding diaryl/α,β-unsaturated/α-hetero) is 1. The smallest absolute Gasteiger partial charge is 0.337 e. The molecule has 0 spiro atoms. The van der Waals surface area contributed by atoms with Gasteiger partial charge in [0.2, 0.25) is 11.6 Å². The van der Waals surface area contributed by atoms with Gasteiger partial charge in [0.15, 0.2) is 5.78 Å². The summed E-state index contributed by atoms with van der Waals surface area (Å²) in [4.78, 5) is 26.3. The van der Waals surface area contributed by atoms with Crippen LogP contribution in [-0.4, -0.2) is 29.2 Å². The van der Waals surface area contributed by atoms with Crippen molar-refractivity contribution >= 4 is 34.7 Å². The minimum Gasteiger partial charge on any atom is -0.465 e. The summed E-state index contributed by atoms with van der Waals surface area (Å²) in [5.74, 6) is 0.668. The van der Waals surface area contributed by atoms with E-state index in [1.165, 1.54) is 12.0 Å². The fraction of sp³-hybridized carbons (Fsp3) is 0.238. The van der Waals surface area contributed by atoms with Crippen LogP contribution in [0.5, 0.6) is 0 Å². The Hall–Kier alpha value is -3.46. The van der Waals surface area contributed by atoms with E-state index in [1.54, 1.807) is 23.5 Å². The molecule has 1 aromatic carbocycles. The van der Waals surface area contributed by atoms with Crippen LogP contribution < -0.4 is 10.6 Å². The normalized spacial score (nSPS) is 20.5. The maximum Gasteiger partial charge on any atom is 0.337 e. The van der Waals surface area contributed by atoms with E-state index in [0.29, 0.717) is 35.6 Å². The molecule has 0 amide bonds. The predicted molar refractivity (Wildman–Crippen MR) is 110 cm³/mol. The second-order valence-electron chi connectivity index (χ2n) is 7.21. The van der Waals surface area contributed by atoms with Gasteiger partial charge in [0.1, 0.15) is 0 Å². The third kappa shape index (κ3) is 3.17. The number of hydrogen-bond acceptors (Lipinski definition) is 9. The molecule has 1 aliphatic carbocycles. The number of hydrogen-bond donors (Lipinski definition) is 2. The van der Waals surface area contributed by atoms with Crippen molar-refractivity contribution in [2.24, 2.45) is 0 Å². The van der Waals surface area contributed by atoms with Crippen molar-refractivity contribution < 1.29 is 19.0 Å². The Morgan fingerprint density at radius 1 is 1.17 bits per heavy atom. The molecule has 9 heteroatoms. The molecule has 152 valence electrons. The summed E-state index contributed by atoms with van der Waals surface area (Å²) in [6.07, 6.45) is 1.13. The zero-order valence-corrected chi connectivity index (χ0v) is 16.9. The maximum absolute atomic E-state index is 13.3. The van der Waals surface area contributed by atoms with Crippen molar-refractivity contribution in [2.45, 2.75) is 24.8 Å². The molecule has 0 unspecified atom stereocenters. The lowest BCUT2D eigenvalue weighted by molar-refractivity contribution is -0.116. The number of allylic oxidation sites excluding steroid dienone is 1. The SMILES string of the molecule is COC(=O)c1ccc([C@H]2Nc3nonc3NC3=C2C(=O)C[C@H](c2cccs2)C3)cc1. The molecule has 8 nitrogen and oxygen atoms in total. The van der Waals surface area contributed by atoms with Crippen LogP contribution in [0.15, 0.2) is 57.7 Å². The van der Waals surface area contributed by atoms with Gasteiger partial charge in [0.05, 0.1) is 18.7 Å². The summed E-state index contributed by atoms with van der Waals surface area (Å²) in [5, 5.41) is 16.4. The number of ether oxygens (including phenoxy) is 1. The molecule has 1 aliphatic heterocycles. The highest BCUT2D eigenvalue weighted by molar-refractivity contribution is 7.10. The Balaban J connectivity index is 1.56. The molecule has 2 N–H and O–H groups in total. The van der Waals surface area contributed by atoms with Crippen molar-refractivity contribution in [1.29, 1.82) is 0 Å². The van der Waals surface area contributed by atoms with Crippen LogP contribution in [-0.2, 0) is 9.53 Å². The van der Waals surface area contributed by atoms with E-state index in [0.717, 1.165) is 11.3 Å². The molecule has 2 atom stereocenters. The summed E-state index contributed by atoms with van der Waals surface area (Å²) >= 11 is 1.66. The predicted octanol–water partition coefficient (Wildman–Crippen LogP) is 3.90. The first kappa shape index (κ1) is 18.6. The number of nitrogens with one attached hydrogen (secondary N) is 2. The molecule has 3 heterocycles. The zero-order valence-electron chi connectivity index (χ0n) is 16.0. The molecule has 2 aliphatic rings. The van der Waals surface area contributed by atoms with Crippen LogP contribution in [0.1, 0.15) is 45.6 Å². The number of carbonyl (C=O) groups excluding carboxylic acids is 2. The van der Waals surface area contributed by atoms with Gasteiger partial charge in [-0.3, -0.25) is 4.79 Å². The Morgan fingerprint density at radius 2 is 1.97 bits per heavy atom. The molecular weight excluding hydrogens is 404 g/mol. The number of esters is 1. The first-order valence-corrected chi connectivity index (χ1v) is 10.4. The topological polar surface area (TPSA) is 106 Å². The fourth-order valence-electron chi connectivity index (χ4n) is 4.01. The van der Waals surface area contributed by atoms with E-state index in [4.69, 9.17) is 9.37 Å². The number of thiophene rings is 1. The van der Waals surface area contributed by atoms with Gasteiger partial charge in [-0.25, -0.2) is 9.42 Å². The molecular formula is C21H18N4O4S. The largest absolute Gasteiger partial charge is 0.465 e. The van der Waals surface area contributed by atoms with Crippen LogP contribution in [0.2, 0.25) is 0 Å². The van der Waals surface area contributed by atoms with Gasteiger partial charge in [-0.1, -0.05) is 18.2 Å². The van der Waals surface area contributed by atoms with Crippen molar-refractivity contribution in [3.05, 3.63) is 69.1 Å². The second kappa shape index (κ2) is 7.42. The molecule has 2 aromatic heterocycles. The first-order chi connectivity index (χ1) is 14.6. The molecule has 0 saturated heterocycles. The molecule has 0 saturated carbocycles. The molecule has 30 heavy (non-hydrogen) atoms. The van der Waals surface area contributed by atoms with Crippen LogP contribution in [0.25, 0.3) is 0 Å². The van der Waals surface area contributed by atoms with Crippen molar-refractivity contribution in [3.63, 3.8) is 0 Å². The Labute approximate surface area is 175 Å². The van der Waals surface area contributed by atoms with Gasteiger partial charge in [-0.05, 0) is 45.9 Å². The van der Waals surface area contributed by atoms with Crippen LogP contribution in [0, 0.1) is 0 Å². The highest BCUT2D eigenvalue weighted by Crippen LogP contribution is 2.44. The van der Waals surface area contributed by atoms with Gasteiger partial charge >= 0.3 is 5.97 Å². The van der Waals surface area contributed by atoms with Gasteiger partial charge in [0, 0.05) is 28.5 Å². The van der Waals surface area contributed by atoms with Gasteiger partial charge in [0.25, 0.3) is 0 Å². The van der Waals surface area contributed by atoms with Crippen LogP contribution >= 0.6 is 11.3 Å².